The van der Waals surface area contributed by atoms with E-state index in [-0.39, 0.29) is 5.97 Å². The minimum atomic E-state index is -0.389. The second-order valence-electron chi connectivity index (χ2n) is 4.81. The maximum absolute atomic E-state index is 11.4. The Morgan fingerprint density at radius 2 is 1.92 bits per heavy atom. The lowest BCUT2D eigenvalue weighted by Gasteiger charge is -2.11. The van der Waals surface area contributed by atoms with Crippen molar-refractivity contribution >= 4 is 55.5 Å². The van der Waals surface area contributed by atoms with Gasteiger partial charge in [-0.15, -0.1) is 0 Å². The van der Waals surface area contributed by atoms with Crippen molar-refractivity contribution in [2.24, 2.45) is 0 Å². The van der Waals surface area contributed by atoms with Gasteiger partial charge in [-0.2, -0.15) is 0 Å². The Morgan fingerprint density at radius 1 is 1.21 bits per heavy atom. The number of benzene rings is 2. The van der Waals surface area contributed by atoms with Crippen LogP contribution in [0.1, 0.15) is 18.1 Å². The summed E-state index contributed by atoms with van der Waals surface area (Å²) in [6.45, 7) is 2.51. The van der Waals surface area contributed by atoms with Crippen molar-refractivity contribution in [2.75, 3.05) is 6.61 Å². The molecule has 2 rings (SSSR count). The van der Waals surface area contributed by atoms with Crippen LogP contribution in [0.3, 0.4) is 0 Å². The molecule has 0 aliphatic heterocycles. The van der Waals surface area contributed by atoms with E-state index in [0.717, 1.165) is 20.1 Å². The van der Waals surface area contributed by atoms with Crippen LogP contribution < -0.4 is 4.74 Å². The minimum Gasteiger partial charge on any atom is -0.486 e. The second kappa shape index (κ2) is 9.25. The average Bonchev–Trinajstić information content (AvgIpc) is 2.54. The fourth-order valence-electron chi connectivity index (χ4n) is 1.90. The lowest BCUT2D eigenvalue weighted by molar-refractivity contribution is -0.137. The van der Waals surface area contributed by atoms with Crippen LogP contribution in [0, 0.1) is 0 Å². The quantitative estimate of drug-likeness (QED) is 0.379. The molecule has 0 saturated carbocycles. The topological polar surface area (TPSA) is 35.5 Å². The Bertz CT molecular complexity index is 719. The molecule has 0 radical (unpaired) electrons. The summed E-state index contributed by atoms with van der Waals surface area (Å²) in [5.74, 6) is 0.174. The Hall–Kier alpha value is -1.30. The molecule has 0 amide bonds. The molecule has 0 N–H and O–H groups in total. The van der Waals surface area contributed by atoms with Gasteiger partial charge in [0.1, 0.15) is 6.61 Å². The van der Waals surface area contributed by atoms with Crippen molar-refractivity contribution in [2.45, 2.75) is 13.5 Å². The number of carbonyl (C=O) groups excluding carboxylic acids is 1. The Labute approximate surface area is 162 Å². The van der Waals surface area contributed by atoms with Gasteiger partial charge in [0, 0.05) is 10.5 Å². The van der Waals surface area contributed by atoms with Gasteiger partial charge in [0.2, 0.25) is 0 Å². The molecule has 2 aromatic carbocycles. The number of hydrogen-bond acceptors (Lipinski definition) is 3. The first kappa shape index (κ1) is 19.0. The van der Waals surface area contributed by atoms with Crippen LogP contribution in [0.25, 0.3) is 6.08 Å². The Balaban J connectivity index is 2.09. The monoisotopic (exact) mass is 472 g/mol. The van der Waals surface area contributed by atoms with Gasteiger partial charge in [-0.3, -0.25) is 0 Å². The van der Waals surface area contributed by atoms with E-state index in [0.29, 0.717) is 24.0 Å². The number of rotatable bonds is 6. The summed E-state index contributed by atoms with van der Waals surface area (Å²) >= 11 is 13.1. The highest BCUT2D eigenvalue weighted by Crippen LogP contribution is 2.35. The Morgan fingerprint density at radius 3 is 2.54 bits per heavy atom. The van der Waals surface area contributed by atoms with Crippen molar-refractivity contribution in [3.63, 3.8) is 0 Å². The molecule has 0 bridgehead atoms. The molecule has 0 aliphatic carbocycles. The molecule has 24 heavy (non-hydrogen) atoms. The molecular weight excluding hydrogens is 459 g/mol. The van der Waals surface area contributed by atoms with Gasteiger partial charge < -0.3 is 9.47 Å². The summed E-state index contributed by atoms with van der Waals surface area (Å²) in [6, 6.07) is 11.4. The average molecular weight is 475 g/mol. The van der Waals surface area contributed by atoms with Crippen molar-refractivity contribution in [3.05, 3.63) is 67.6 Å². The van der Waals surface area contributed by atoms with Gasteiger partial charge in [-0.1, -0.05) is 39.7 Å². The predicted octanol–water partition coefficient (Wildman–Crippen LogP) is 6.02. The van der Waals surface area contributed by atoms with Gasteiger partial charge in [-0.25, -0.2) is 4.79 Å². The number of esters is 1. The lowest BCUT2D eigenvalue weighted by Crippen LogP contribution is -1.99. The fraction of sp³-hybridized carbons (Fsp3) is 0.167. The van der Waals surface area contributed by atoms with Gasteiger partial charge in [-0.05, 0) is 64.3 Å². The number of hydrogen-bond donors (Lipinski definition) is 0. The molecule has 3 nitrogen and oxygen atoms in total. The van der Waals surface area contributed by atoms with E-state index in [4.69, 9.17) is 21.1 Å². The third kappa shape index (κ3) is 5.65. The molecule has 126 valence electrons. The van der Waals surface area contributed by atoms with Crippen molar-refractivity contribution in [3.8, 4) is 5.75 Å². The van der Waals surface area contributed by atoms with Crippen LogP contribution in [-0.4, -0.2) is 12.6 Å². The SMILES string of the molecule is CCOC(=O)/C=C/c1cc(Cl)c(OCc2ccc(Br)cc2)c(Br)c1. The molecule has 2 aromatic rings. The summed E-state index contributed by atoms with van der Waals surface area (Å²) in [5, 5.41) is 0.463. The first-order valence-electron chi connectivity index (χ1n) is 7.20. The summed E-state index contributed by atoms with van der Waals surface area (Å²) in [4.78, 5) is 11.4. The summed E-state index contributed by atoms with van der Waals surface area (Å²) < 4.78 is 12.4. The van der Waals surface area contributed by atoms with Gasteiger partial charge >= 0.3 is 5.97 Å². The standard InChI is InChI=1S/C18H15Br2ClO3/c1-2-23-17(22)8-5-13-9-15(20)18(16(21)10-13)24-11-12-3-6-14(19)7-4-12/h3-10H,2,11H2,1H3/b8-5+. The maximum Gasteiger partial charge on any atom is 0.330 e. The van der Waals surface area contributed by atoms with Crippen LogP contribution in [0.15, 0.2) is 51.4 Å². The second-order valence-corrected chi connectivity index (χ2v) is 6.99. The van der Waals surface area contributed by atoms with E-state index in [1.807, 2.05) is 30.3 Å². The highest BCUT2D eigenvalue weighted by Gasteiger charge is 2.09. The largest absolute Gasteiger partial charge is 0.486 e. The zero-order valence-electron chi connectivity index (χ0n) is 12.9. The summed E-state index contributed by atoms with van der Waals surface area (Å²) in [5.41, 5.74) is 1.81. The van der Waals surface area contributed by atoms with Crippen LogP contribution >= 0.6 is 43.5 Å². The zero-order chi connectivity index (χ0) is 17.5. The molecule has 0 aliphatic rings. The normalized spacial score (nSPS) is 10.8. The number of halogens is 3. The summed E-state index contributed by atoms with van der Waals surface area (Å²) in [7, 11) is 0. The number of ether oxygens (including phenoxy) is 2. The van der Waals surface area contributed by atoms with E-state index in [2.05, 4.69) is 31.9 Å². The van der Waals surface area contributed by atoms with E-state index in [1.165, 1.54) is 6.08 Å². The zero-order valence-corrected chi connectivity index (χ0v) is 16.8. The van der Waals surface area contributed by atoms with E-state index in [1.54, 1.807) is 19.1 Å². The van der Waals surface area contributed by atoms with Crippen LogP contribution in [0.4, 0.5) is 0 Å². The molecule has 0 heterocycles. The van der Waals surface area contributed by atoms with Crippen molar-refractivity contribution in [1.82, 2.24) is 0 Å². The van der Waals surface area contributed by atoms with Crippen LogP contribution in [0.5, 0.6) is 5.75 Å². The lowest BCUT2D eigenvalue weighted by atomic mass is 10.2. The smallest absolute Gasteiger partial charge is 0.330 e. The molecule has 0 saturated heterocycles. The first-order valence-corrected chi connectivity index (χ1v) is 9.17. The van der Waals surface area contributed by atoms with Crippen LogP contribution in [-0.2, 0) is 16.1 Å². The summed E-state index contributed by atoms with van der Waals surface area (Å²) in [6.07, 6.45) is 3.01. The predicted molar refractivity (Wildman–Crippen MR) is 103 cm³/mol. The molecule has 0 aromatic heterocycles. The van der Waals surface area contributed by atoms with Crippen LogP contribution in [0.2, 0.25) is 5.02 Å². The number of carbonyl (C=O) groups is 1. The molecular formula is C18H15Br2ClO3. The van der Waals surface area contributed by atoms with E-state index in [9.17, 15) is 4.79 Å². The first-order chi connectivity index (χ1) is 11.5. The minimum absolute atomic E-state index is 0.344. The van der Waals surface area contributed by atoms with Gasteiger partial charge in [0.25, 0.3) is 0 Å². The molecule has 0 atom stereocenters. The van der Waals surface area contributed by atoms with Crippen molar-refractivity contribution in [1.29, 1.82) is 0 Å². The third-order valence-electron chi connectivity index (χ3n) is 3.02. The molecule has 0 spiro atoms. The van der Waals surface area contributed by atoms with Gasteiger partial charge in [0.15, 0.2) is 5.75 Å². The maximum atomic E-state index is 11.4. The van der Waals surface area contributed by atoms with E-state index >= 15 is 0 Å². The fourth-order valence-corrected chi connectivity index (χ4v) is 3.16. The highest BCUT2D eigenvalue weighted by atomic mass is 79.9. The molecule has 6 heteroatoms. The molecule has 0 unspecified atom stereocenters. The Kier molecular flexibility index (Phi) is 7.34. The van der Waals surface area contributed by atoms with E-state index < -0.39 is 0 Å². The third-order valence-corrected chi connectivity index (χ3v) is 4.41. The highest BCUT2D eigenvalue weighted by molar-refractivity contribution is 9.10. The molecule has 0 fully saturated rings. The van der Waals surface area contributed by atoms with Crippen molar-refractivity contribution < 1.29 is 14.3 Å². The van der Waals surface area contributed by atoms with Gasteiger partial charge in [0.05, 0.1) is 16.1 Å².